The molecule has 2 rings (SSSR count). The molecule has 0 aromatic heterocycles. The van der Waals surface area contributed by atoms with Gasteiger partial charge in [-0.3, -0.25) is 0 Å². The van der Waals surface area contributed by atoms with Crippen molar-refractivity contribution in [3.05, 3.63) is 35.4 Å². The Labute approximate surface area is 146 Å². The maximum Gasteiger partial charge on any atom is 0.191 e. The highest BCUT2D eigenvalue weighted by atomic mass is 127. The summed E-state index contributed by atoms with van der Waals surface area (Å²) in [7, 11) is 0. The summed E-state index contributed by atoms with van der Waals surface area (Å²) in [6, 6.07) is 9.37. The first-order valence-corrected chi connectivity index (χ1v) is 7.74. The van der Waals surface area contributed by atoms with Crippen LogP contribution in [0.3, 0.4) is 0 Å². The van der Waals surface area contributed by atoms with E-state index in [1.807, 2.05) is 0 Å². The lowest BCUT2D eigenvalue weighted by Crippen LogP contribution is -2.37. The summed E-state index contributed by atoms with van der Waals surface area (Å²) in [6.45, 7) is 10.5. The average Bonchev–Trinajstić information content (AvgIpc) is 3.19. The first kappa shape index (κ1) is 18.3. The lowest BCUT2D eigenvalue weighted by molar-refractivity contribution is 0.458. The quantitative estimate of drug-likeness (QED) is 0.461. The maximum atomic E-state index is 6.06. The van der Waals surface area contributed by atoms with Crippen molar-refractivity contribution >= 4 is 29.9 Å². The molecule has 2 unspecified atom stereocenters. The van der Waals surface area contributed by atoms with Crippen LogP contribution in [0.2, 0.25) is 0 Å². The molecule has 1 aliphatic carbocycles. The van der Waals surface area contributed by atoms with Crippen molar-refractivity contribution in [2.75, 3.05) is 13.1 Å². The molecule has 1 aromatic rings. The second-order valence-corrected chi connectivity index (χ2v) is 5.89. The van der Waals surface area contributed by atoms with Crippen LogP contribution in [0.4, 0.5) is 0 Å². The number of nitrogens with zero attached hydrogens (tertiary/aromatic N) is 2. The number of rotatable bonds is 5. The van der Waals surface area contributed by atoms with E-state index < -0.39 is 0 Å². The minimum atomic E-state index is 0. The predicted octanol–water partition coefficient (Wildman–Crippen LogP) is 3.94. The molecule has 0 amide bonds. The van der Waals surface area contributed by atoms with E-state index in [1.54, 1.807) is 0 Å². The number of nitrogens with two attached hydrogens (primary N) is 1. The lowest BCUT2D eigenvalue weighted by atomic mass is 10.0. The van der Waals surface area contributed by atoms with E-state index in [2.05, 4.69) is 61.9 Å². The SMILES string of the molecule is CCN(CC)C(N)=NC1CC1c1ccc(C(C)C)cc1.I. The van der Waals surface area contributed by atoms with Gasteiger partial charge in [-0.2, -0.15) is 0 Å². The molecule has 3 nitrogen and oxygen atoms in total. The molecule has 1 aliphatic rings. The van der Waals surface area contributed by atoms with E-state index in [1.165, 1.54) is 11.1 Å². The number of guanidine groups is 1. The van der Waals surface area contributed by atoms with E-state index >= 15 is 0 Å². The fourth-order valence-corrected chi connectivity index (χ4v) is 2.61. The third-order valence-corrected chi connectivity index (χ3v) is 4.17. The Kier molecular flexibility index (Phi) is 6.97. The van der Waals surface area contributed by atoms with E-state index in [9.17, 15) is 0 Å². The highest BCUT2D eigenvalue weighted by Crippen LogP contribution is 2.43. The van der Waals surface area contributed by atoms with Crippen LogP contribution in [0.15, 0.2) is 29.3 Å². The van der Waals surface area contributed by atoms with Gasteiger partial charge in [-0.15, -0.1) is 24.0 Å². The lowest BCUT2D eigenvalue weighted by Gasteiger charge is -2.19. The van der Waals surface area contributed by atoms with Gasteiger partial charge >= 0.3 is 0 Å². The summed E-state index contributed by atoms with van der Waals surface area (Å²) in [5.74, 6) is 1.85. The maximum absolute atomic E-state index is 6.06. The fourth-order valence-electron chi connectivity index (χ4n) is 2.61. The minimum Gasteiger partial charge on any atom is -0.370 e. The van der Waals surface area contributed by atoms with E-state index in [-0.39, 0.29) is 24.0 Å². The zero-order chi connectivity index (χ0) is 14.7. The van der Waals surface area contributed by atoms with Crippen LogP contribution in [0.25, 0.3) is 0 Å². The highest BCUT2D eigenvalue weighted by Gasteiger charge is 2.38. The summed E-state index contributed by atoms with van der Waals surface area (Å²) in [6.07, 6.45) is 1.13. The van der Waals surface area contributed by atoms with Gasteiger partial charge in [0.15, 0.2) is 5.96 Å². The van der Waals surface area contributed by atoms with Crippen molar-refractivity contribution in [1.29, 1.82) is 0 Å². The smallest absolute Gasteiger partial charge is 0.191 e. The largest absolute Gasteiger partial charge is 0.370 e. The Balaban J connectivity index is 0.00000220. The summed E-state index contributed by atoms with van der Waals surface area (Å²) in [4.78, 5) is 6.77. The van der Waals surface area contributed by atoms with Gasteiger partial charge < -0.3 is 10.6 Å². The van der Waals surface area contributed by atoms with Crippen LogP contribution in [-0.2, 0) is 0 Å². The molecule has 2 atom stereocenters. The summed E-state index contributed by atoms with van der Waals surface area (Å²) in [5, 5.41) is 0. The number of hydrogen-bond donors (Lipinski definition) is 1. The topological polar surface area (TPSA) is 41.6 Å². The van der Waals surface area contributed by atoms with Crippen LogP contribution in [-0.4, -0.2) is 30.0 Å². The molecule has 4 heteroatoms. The Morgan fingerprint density at radius 2 is 1.81 bits per heavy atom. The first-order valence-electron chi connectivity index (χ1n) is 7.74. The molecule has 0 saturated heterocycles. The van der Waals surface area contributed by atoms with Crippen LogP contribution in [0.1, 0.15) is 57.1 Å². The van der Waals surface area contributed by atoms with Crippen LogP contribution in [0, 0.1) is 0 Å². The molecular formula is C17H28IN3. The number of aliphatic imine (C=N–C) groups is 1. The van der Waals surface area contributed by atoms with Gasteiger partial charge in [-0.1, -0.05) is 38.1 Å². The van der Waals surface area contributed by atoms with Gasteiger partial charge in [0.1, 0.15) is 0 Å². The Morgan fingerprint density at radius 3 is 2.29 bits per heavy atom. The van der Waals surface area contributed by atoms with Gasteiger partial charge in [-0.05, 0) is 37.3 Å². The van der Waals surface area contributed by atoms with Gasteiger partial charge in [-0.25, -0.2) is 4.99 Å². The van der Waals surface area contributed by atoms with Crippen LogP contribution < -0.4 is 5.73 Å². The standard InChI is InChI=1S/C17H27N3.HI/c1-5-20(6-2)17(18)19-16-11-15(16)14-9-7-13(8-10-14)12(3)4;/h7-10,12,15-16H,5-6,11H2,1-4H3,(H2,18,19);1H. The summed E-state index contributed by atoms with van der Waals surface area (Å²) in [5.41, 5.74) is 8.86. The normalized spacial score (nSPS) is 21.1. The number of benzene rings is 1. The van der Waals surface area contributed by atoms with E-state index in [0.717, 1.165) is 19.5 Å². The molecule has 0 bridgehead atoms. The highest BCUT2D eigenvalue weighted by molar-refractivity contribution is 14.0. The molecule has 0 radical (unpaired) electrons. The Morgan fingerprint density at radius 1 is 1.24 bits per heavy atom. The molecule has 21 heavy (non-hydrogen) atoms. The molecule has 1 aromatic carbocycles. The molecule has 1 fully saturated rings. The monoisotopic (exact) mass is 401 g/mol. The zero-order valence-corrected chi connectivity index (χ0v) is 15.9. The second kappa shape index (κ2) is 8.01. The Hall–Kier alpha value is -0.780. The predicted molar refractivity (Wildman–Crippen MR) is 102 cm³/mol. The van der Waals surface area contributed by atoms with Crippen molar-refractivity contribution in [1.82, 2.24) is 4.90 Å². The molecular weight excluding hydrogens is 373 g/mol. The summed E-state index contributed by atoms with van der Waals surface area (Å²) < 4.78 is 0. The molecule has 0 aliphatic heterocycles. The van der Waals surface area contributed by atoms with Gasteiger partial charge in [0.2, 0.25) is 0 Å². The van der Waals surface area contributed by atoms with Crippen LogP contribution in [0.5, 0.6) is 0 Å². The van der Waals surface area contributed by atoms with Gasteiger partial charge in [0.05, 0.1) is 6.04 Å². The number of halogens is 1. The van der Waals surface area contributed by atoms with Crippen molar-refractivity contribution in [3.63, 3.8) is 0 Å². The van der Waals surface area contributed by atoms with E-state index in [0.29, 0.717) is 23.8 Å². The second-order valence-electron chi connectivity index (χ2n) is 5.89. The van der Waals surface area contributed by atoms with Crippen molar-refractivity contribution in [2.24, 2.45) is 10.7 Å². The van der Waals surface area contributed by atoms with Gasteiger partial charge in [0.25, 0.3) is 0 Å². The fraction of sp³-hybridized carbons (Fsp3) is 0.588. The van der Waals surface area contributed by atoms with Crippen molar-refractivity contribution in [3.8, 4) is 0 Å². The zero-order valence-electron chi connectivity index (χ0n) is 13.5. The third-order valence-electron chi connectivity index (χ3n) is 4.17. The van der Waals surface area contributed by atoms with Crippen molar-refractivity contribution < 1.29 is 0 Å². The van der Waals surface area contributed by atoms with E-state index in [4.69, 9.17) is 5.73 Å². The molecule has 2 N–H and O–H groups in total. The number of hydrogen-bond acceptors (Lipinski definition) is 1. The molecule has 118 valence electrons. The minimum absolute atomic E-state index is 0. The molecule has 1 saturated carbocycles. The third kappa shape index (κ3) is 4.59. The molecule has 0 spiro atoms. The van der Waals surface area contributed by atoms with Gasteiger partial charge in [0, 0.05) is 19.0 Å². The summed E-state index contributed by atoms with van der Waals surface area (Å²) >= 11 is 0. The molecule has 0 heterocycles. The Bertz CT molecular complexity index is 463. The average molecular weight is 401 g/mol. The van der Waals surface area contributed by atoms with Crippen LogP contribution >= 0.6 is 24.0 Å². The first-order chi connectivity index (χ1) is 9.56. The van der Waals surface area contributed by atoms with Crippen molar-refractivity contribution in [2.45, 2.75) is 52.0 Å².